The molecule has 2 aromatic rings. The van der Waals surface area contributed by atoms with Crippen LogP contribution in [0, 0.1) is 0 Å². The maximum atomic E-state index is 11.2. The van der Waals surface area contributed by atoms with Crippen molar-refractivity contribution in [2.24, 2.45) is 5.73 Å². The van der Waals surface area contributed by atoms with Crippen molar-refractivity contribution in [3.8, 4) is 0 Å². The van der Waals surface area contributed by atoms with Gasteiger partial charge < -0.3 is 16.0 Å². The number of benzene rings is 2. The molecular formula is C17H18ClN3OS. The van der Waals surface area contributed by atoms with E-state index in [1.165, 1.54) is 15.5 Å². The molecule has 0 saturated carbocycles. The Bertz CT molecular complexity index is 723. The van der Waals surface area contributed by atoms with Crippen molar-refractivity contribution in [2.45, 2.75) is 16.2 Å². The summed E-state index contributed by atoms with van der Waals surface area (Å²) in [6.07, 6.45) is 0.830. The molecule has 0 spiro atoms. The fourth-order valence-electron chi connectivity index (χ4n) is 2.58. The van der Waals surface area contributed by atoms with Crippen LogP contribution >= 0.6 is 23.4 Å². The normalized spacial score (nSPS) is 12.5. The Hall–Kier alpha value is -1.69. The third-order valence-corrected chi connectivity index (χ3v) is 5.02. The number of para-hydroxylation sites is 1. The Labute approximate surface area is 145 Å². The number of hydrogen-bond donors (Lipinski definition) is 2. The monoisotopic (exact) mass is 347 g/mol. The Morgan fingerprint density at radius 2 is 1.96 bits per heavy atom. The van der Waals surface area contributed by atoms with Crippen molar-refractivity contribution < 1.29 is 4.79 Å². The van der Waals surface area contributed by atoms with Gasteiger partial charge in [0.2, 0.25) is 5.91 Å². The summed E-state index contributed by atoms with van der Waals surface area (Å²) in [7, 11) is 0. The van der Waals surface area contributed by atoms with E-state index in [1.807, 2.05) is 24.3 Å². The number of nitrogens with one attached hydrogen (secondary N) is 1. The summed E-state index contributed by atoms with van der Waals surface area (Å²) in [6, 6.07) is 14.3. The number of hydrogen-bond acceptors (Lipinski definition) is 4. The lowest BCUT2D eigenvalue weighted by Gasteiger charge is -2.33. The van der Waals surface area contributed by atoms with Crippen molar-refractivity contribution in [1.29, 1.82) is 0 Å². The van der Waals surface area contributed by atoms with Gasteiger partial charge in [-0.3, -0.25) is 4.79 Å². The molecule has 0 bridgehead atoms. The average Bonchev–Trinajstić information content (AvgIpc) is 2.57. The van der Waals surface area contributed by atoms with E-state index < -0.39 is 0 Å². The highest BCUT2D eigenvalue weighted by atomic mass is 35.5. The van der Waals surface area contributed by atoms with Gasteiger partial charge in [0.05, 0.1) is 17.9 Å². The van der Waals surface area contributed by atoms with E-state index in [0.717, 1.165) is 23.7 Å². The summed E-state index contributed by atoms with van der Waals surface area (Å²) in [5, 5.41) is 3.54. The standard InChI is InChI=1S/C17H18ClN3OS/c18-12-6-7-16-14(10-12)21(9-3-8-20-17(22)11-19)13-4-1-2-5-15(13)23-16/h1-2,4-7,10H,3,8-9,11,19H2,(H,20,22). The smallest absolute Gasteiger partial charge is 0.233 e. The van der Waals surface area contributed by atoms with Crippen LogP contribution < -0.4 is 16.0 Å². The number of carbonyl (C=O) groups is 1. The molecule has 0 aromatic heterocycles. The van der Waals surface area contributed by atoms with Gasteiger partial charge in [0.25, 0.3) is 0 Å². The van der Waals surface area contributed by atoms with Crippen LogP contribution in [0.4, 0.5) is 11.4 Å². The Balaban J connectivity index is 1.80. The summed E-state index contributed by atoms with van der Waals surface area (Å²) in [5.74, 6) is -0.122. The van der Waals surface area contributed by atoms with E-state index >= 15 is 0 Å². The summed E-state index contributed by atoms with van der Waals surface area (Å²) in [4.78, 5) is 15.9. The van der Waals surface area contributed by atoms with Gasteiger partial charge in [0, 0.05) is 27.9 Å². The molecule has 4 nitrogen and oxygen atoms in total. The highest BCUT2D eigenvalue weighted by Gasteiger charge is 2.22. The molecule has 120 valence electrons. The number of amides is 1. The molecule has 3 rings (SSSR count). The molecule has 1 heterocycles. The van der Waals surface area contributed by atoms with E-state index in [2.05, 4.69) is 28.4 Å². The van der Waals surface area contributed by atoms with Gasteiger partial charge in [-0.15, -0.1) is 0 Å². The summed E-state index contributed by atoms with van der Waals surface area (Å²) in [6.45, 7) is 1.44. The maximum absolute atomic E-state index is 11.2. The van der Waals surface area contributed by atoms with Gasteiger partial charge in [-0.25, -0.2) is 0 Å². The number of nitrogens with two attached hydrogens (primary N) is 1. The molecule has 1 aliphatic rings. The maximum Gasteiger partial charge on any atom is 0.233 e. The third kappa shape index (κ3) is 3.63. The second kappa shape index (κ2) is 7.25. The minimum atomic E-state index is -0.122. The van der Waals surface area contributed by atoms with E-state index in [9.17, 15) is 4.79 Å². The summed E-state index contributed by atoms with van der Waals surface area (Å²) < 4.78 is 0. The molecule has 0 aliphatic carbocycles. The van der Waals surface area contributed by atoms with E-state index in [0.29, 0.717) is 6.54 Å². The minimum Gasteiger partial charge on any atom is -0.355 e. The van der Waals surface area contributed by atoms with Crippen LogP contribution in [-0.4, -0.2) is 25.5 Å². The topological polar surface area (TPSA) is 58.4 Å². The molecule has 0 unspecified atom stereocenters. The van der Waals surface area contributed by atoms with Crippen molar-refractivity contribution in [2.75, 3.05) is 24.5 Å². The first-order chi connectivity index (χ1) is 11.2. The van der Waals surface area contributed by atoms with Gasteiger partial charge in [0.1, 0.15) is 0 Å². The lowest BCUT2D eigenvalue weighted by molar-refractivity contribution is -0.119. The van der Waals surface area contributed by atoms with Crippen molar-refractivity contribution in [1.82, 2.24) is 5.32 Å². The third-order valence-electron chi connectivity index (χ3n) is 3.65. The first-order valence-corrected chi connectivity index (χ1v) is 8.69. The SMILES string of the molecule is NCC(=O)NCCCN1c2ccccc2Sc2ccc(Cl)cc21. The minimum absolute atomic E-state index is 0.0294. The van der Waals surface area contributed by atoms with Gasteiger partial charge in [-0.05, 0) is 36.8 Å². The van der Waals surface area contributed by atoms with E-state index in [-0.39, 0.29) is 12.5 Å². The first-order valence-electron chi connectivity index (χ1n) is 7.50. The largest absolute Gasteiger partial charge is 0.355 e. The zero-order valence-electron chi connectivity index (χ0n) is 12.6. The number of rotatable bonds is 5. The molecule has 0 fully saturated rings. The molecule has 23 heavy (non-hydrogen) atoms. The number of nitrogens with zero attached hydrogens (tertiary/aromatic N) is 1. The molecule has 3 N–H and O–H groups in total. The zero-order chi connectivity index (χ0) is 16.2. The lowest BCUT2D eigenvalue weighted by atomic mass is 10.2. The van der Waals surface area contributed by atoms with Gasteiger partial charge in [-0.1, -0.05) is 35.5 Å². The average molecular weight is 348 g/mol. The van der Waals surface area contributed by atoms with Crippen molar-refractivity contribution in [3.05, 3.63) is 47.5 Å². The molecule has 1 aliphatic heterocycles. The van der Waals surface area contributed by atoms with Gasteiger partial charge >= 0.3 is 0 Å². The Kier molecular flexibility index (Phi) is 5.10. The quantitative estimate of drug-likeness (QED) is 0.814. The molecular weight excluding hydrogens is 330 g/mol. The Morgan fingerprint density at radius 3 is 2.78 bits per heavy atom. The second-order valence-electron chi connectivity index (χ2n) is 5.24. The van der Waals surface area contributed by atoms with Crippen LogP contribution in [0.15, 0.2) is 52.3 Å². The van der Waals surface area contributed by atoms with Crippen LogP contribution in [0.25, 0.3) is 0 Å². The van der Waals surface area contributed by atoms with Crippen molar-refractivity contribution in [3.63, 3.8) is 0 Å². The summed E-state index contributed by atoms with van der Waals surface area (Å²) in [5.41, 5.74) is 7.60. The van der Waals surface area contributed by atoms with Crippen LogP contribution in [0.5, 0.6) is 0 Å². The van der Waals surface area contributed by atoms with Crippen LogP contribution in [0.1, 0.15) is 6.42 Å². The Morgan fingerprint density at radius 1 is 1.17 bits per heavy atom. The summed E-state index contributed by atoms with van der Waals surface area (Å²) >= 11 is 7.94. The number of halogens is 1. The molecule has 2 aromatic carbocycles. The van der Waals surface area contributed by atoms with Gasteiger partial charge in [-0.2, -0.15) is 0 Å². The lowest BCUT2D eigenvalue weighted by Crippen LogP contribution is -2.33. The number of carbonyl (C=O) groups excluding carboxylic acids is 1. The second-order valence-corrected chi connectivity index (χ2v) is 6.76. The molecule has 1 amide bonds. The van der Waals surface area contributed by atoms with Gasteiger partial charge in [0.15, 0.2) is 0 Å². The van der Waals surface area contributed by atoms with Crippen LogP contribution in [0.3, 0.4) is 0 Å². The molecule has 0 saturated heterocycles. The van der Waals surface area contributed by atoms with Crippen LogP contribution in [0.2, 0.25) is 5.02 Å². The van der Waals surface area contributed by atoms with E-state index in [4.69, 9.17) is 17.3 Å². The van der Waals surface area contributed by atoms with Crippen molar-refractivity contribution >= 4 is 40.6 Å². The fraction of sp³-hybridized carbons (Fsp3) is 0.235. The van der Waals surface area contributed by atoms with E-state index in [1.54, 1.807) is 11.8 Å². The molecule has 6 heteroatoms. The number of fused-ring (bicyclic) bond motifs is 2. The highest BCUT2D eigenvalue weighted by molar-refractivity contribution is 7.99. The van der Waals surface area contributed by atoms with Crippen LogP contribution in [-0.2, 0) is 4.79 Å². The predicted molar refractivity (Wildman–Crippen MR) is 95.7 cm³/mol. The predicted octanol–water partition coefficient (Wildman–Crippen LogP) is 3.41. The molecule has 0 radical (unpaired) electrons. The highest BCUT2D eigenvalue weighted by Crippen LogP contribution is 2.48. The first kappa shape index (κ1) is 16.2. The number of anilines is 2. The fourth-order valence-corrected chi connectivity index (χ4v) is 3.82. The molecule has 0 atom stereocenters. The zero-order valence-corrected chi connectivity index (χ0v) is 14.2.